The Balaban J connectivity index is 2.33. The monoisotopic (exact) mass is 465 g/mol. The van der Waals surface area contributed by atoms with E-state index in [-0.39, 0.29) is 6.10 Å². The molecule has 1 aromatic heterocycles. The molecular formula is C8H9I2N3O2S. The molecule has 0 amide bonds. The molecule has 2 rings (SSSR count). The van der Waals surface area contributed by atoms with Gasteiger partial charge in [-0.05, 0) is 27.7 Å². The normalized spacial score (nSPS) is 20.0. The second kappa shape index (κ2) is 5.29. The number of aryl methyl sites for hydroxylation is 1. The van der Waals surface area contributed by atoms with E-state index in [2.05, 4.69) is 68.1 Å². The van der Waals surface area contributed by atoms with Crippen LogP contribution in [0.4, 0.5) is 0 Å². The average molecular weight is 465 g/mol. The second-order valence-electron chi connectivity index (χ2n) is 3.20. The van der Waals surface area contributed by atoms with E-state index in [4.69, 9.17) is 9.57 Å². The van der Waals surface area contributed by atoms with Gasteiger partial charge < -0.3 is 9.57 Å². The molecule has 5 nitrogen and oxygen atoms in total. The standard InChI is InChI=1S/C8H9I2N3O2S/c1-13-8(16)5(6(10)11-13)7-12-14-3-4(2-9)15-7/h4,16H,2-3H2,1H3. The van der Waals surface area contributed by atoms with Crippen molar-refractivity contribution in [1.29, 1.82) is 0 Å². The van der Waals surface area contributed by atoms with E-state index < -0.39 is 0 Å². The number of hydrogen-bond donors (Lipinski definition) is 1. The first-order valence-electron chi connectivity index (χ1n) is 4.48. The van der Waals surface area contributed by atoms with Crippen molar-refractivity contribution in [3.05, 3.63) is 9.26 Å². The summed E-state index contributed by atoms with van der Waals surface area (Å²) in [6.45, 7) is 0.491. The first-order chi connectivity index (χ1) is 7.63. The van der Waals surface area contributed by atoms with E-state index in [1.54, 1.807) is 4.68 Å². The molecule has 2 heterocycles. The second-order valence-corrected chi connectivity index (χ2v) is 5.53. The first-order valence-corrected chi connectivity index (χ1v) is 7.53. The number of hydrogen-bond acceptors (Lipinski definition) is 5. The largest absolute Gasteiger partial charge is 0.467 e. The Bertz CT molecular complexity index is 435. The molecule has 0 bridgehead atoms. The molecule has 1 unspecified atom stereocenters. The highest BCUT2D eigenvalue weighted by atomic mass is 127. The number of halogens is 2. The molecule has 0 spiro atoms. The maximum atomic E-state index is 5.71. The molecule has 0 aliphatic carbocycles. The number of nitrogens with zero attached hydrogens (tertiary/aromatic N) is 3. The van der Waals surface area contributed by atoms with E-state index in [1.807, 2.05) is 7.05 Å². The summed E-state index contributed by atoms with van der Waals surface area (Å²) in [4.78, 5) is 5.14. The lowest BCUT2D eigenvalue weighted by molar-refractivity contribution is 0.0228. The minimum absolute atomic E-state index is 0.0387. The topological polar surface area (TPSA) is 48.6 Å². The van der Waals surface area contributed by atoms with Crippen molar-refractivity contribution in [3.63, 3.8) is 0 Å². The first kappa shape index (κ1) is 12.7. The van der Waals surface area contributed by atoms with E-state index in [0.717, 1.165) is 18.7 Å². The van der Waals surface area contributed by atoms with Crippen molar-refractivity contribution in [2.75, 3.05) is 11.0 Å². The Kier molecular flexibility index (Phi) is 4.21. The zero-order chi connectivity index (χ0) is 11.7. The number of oxime groups is 1. The quantitative estimate of drug-likeness (QED) is 0.412. The van der Waals surface area contributed by atoms with Crippen molar-refractivity contribution in [1.82, 2.24) is 9.78 Å². The zero-order valence-corrected chi connectivity index (χ0v) is 13.6. The molecule has 1 aliphatic rings. The minimum atomic E-state index is 0.0387. The van der Waals surface area contributed by atoms with Crippen LogP contribution in [0.5, 0.6) is 0 Å². The van der Waals surface area contributed by atoms with E-state index in [0.29, 0.717) is 12.5 Å². The molecule has 0 saturated heterocycles. The van der Waals surface area contributed by atoms with Gasteiger partial charge in [-0.25, -0.2) is 0 Å². The third-order valence-corrected chi connectivity index (χ3v) is 4.30. The van der Waals surface area contributed by atoms with Gasteiger partial charge in [-0.1, -0.05) is 22.6 Å². The number of alkyl halides is 1. The lowest BCUT2D eigenvalue weighted by Crippen LogP contribution is -2.29. The molecule has 0 aromatic carbocycles. The number of ether oxygens (including phenoxy) is 1. The molecule has 0 fully saturated rings. The van der Waals surface area contributed by atoms with Crippen LogP contribution in [0.2, 0.25) is 0 Å². The molecule has 8 heteroatoms. The van der Waals surface area contributed by atoms with Crippen LogP contribution in [0.3, 0.4) is 0 Å². The van der Waals surface area contributed by atoms with Gasteiger partial charge in [0, 0.05) is 11.5 Å². The van der Waals surface area contributed by atoms with Crippen LogP contribution in [-0.2, 0) is 16.6 Å². The number of rotatable bonds is 2. The van der Waals surface area contributed by atoms with Gasteiger partial charge in [-0.2, -0.15) is 5.10 Å². The van der Waals surface area contributed by atoms with E-state index in [1.165, 1.54) is 0 Å². The highest BCUT2D eigenvalue weighted by molar-refractivity contribution is 14.1. The van der Waals surface area contributed by atoms with E-state index >= 15 is 0 Å². The van der Waals surface area contributed by atoms with Gasteiger partial charge in [0.15, 0.2) is 6.61 Å². The lowest BCUT2D eigenvalue weighted by atomic mass is 10.3. The van der Waals surface area contributed by atoms with Gasteiger partial charge in [-0.15, -0.1) is 12.6 Å². The highest BCUT2D eigenvalue weighted by Crippen LogP contribution is 2.23. The summed E-state index contributed by atoms with van der Waals surface area (Å²) < 4.78 is 9.05. The van der Waals surface area contributed by atoms with Crippen molar-refractivity contribution in [2.45, 2.75) is 11.1 Å². The van der Waals surface area contributed by atoms with Gasteiger partial charge in [0.1, 0.15) is 20.4 Å². The van der Waals surface area contributed by atoms with Crippen LogP contribution in [0.1, 0.15) is 5.56 Å². The number of aromatic nitrogens is 2. The summed E-state index contributed by atoms with van der Waals surface area (Å²) >= 11 is 8.76. The summed E-state index contributed by atoms with van der Waals surface area (Å²) in [6, 6.07) is 0. The predicted molar refractivity (Wildman–Crippen MR) is 79.4 cm³/mol. The van der Waals surface area contributed by atoms with Crippen LogP contribution >= 0.6 is 57.8 Å². The fourth-order valence-corrected chi connectivity index (χ4v) is 2.94. The summed E-state index contributed by atoms with van der Waals surface area (Å²) in [5.74, 6) is 0.468. The fraction of sp³-hybridized carbons (Fsp3) is 0.500. The Hall–Kier alpha value is 0.290. The van der Waals surface area contributed by atoms with Crippen molar-refractivity contribution in [2.24, 2.45) is 12.2 Å². The van der Waals surface area contributed by atoms with Gasteiger partial charge in [0.05, 0.1) is 0 Å². The van der Waals surface area contributed by atoms with Crippen molar-refractivity contribution in [3.8, 4) is 0 Å². The zero-order valence-electron chi connectivity index (χ0n) is 8.35. The maximum Gasteiger partial charge on any atom is 0.263 e. The smallest absolute Gasteiger partial charge is 0.263 e. The highest BCUT2D eigenvalue weighted by Gasteiger charge is 2.25. The van der Waals surface area contributed by atoms with Gasteiger partial charge in [0.25, 0.3) is 5.90 Å². The van der Waals surface area contributed by atoms with Crippen molar-refractivity contribution < 1.29 is 9.57 Å². The Labute approximate surface area is 126 Å². The molecule has 0 radical (unpaired) electrons. The molecule has 1 aliphatic heterocycles. The molecule has 1 aromatic rings. The summed E-state index contributed by atoms with van der Waals surface area (Å²) in [5.41, 5.74) is 0.793. The summed E-state index contributed by atoms with van der Waals surface area (Å²) in [5, 5.41) is 8.89. The molecule has 0 N–H and O–H groups in total. The molecule has 0 saturated carbocycles. The Morgan fingerprint density at radius 3 is 2.94 bits per heavy atom. The van der Waals surface area contributed by atoms with Crippen LogP contribution in [0.25, 0.3) is 0 Å². The lowest BCUT2D eigenvalue weighted by Gasteiger charge is -2.21. The van der Waals surface area contributed by atoms with Crippen LogP contribution < -0.4 is 0 Å². The Morgan fingerprint density at radius 1 is 1.62 bits per heavy atom. The predicted octanol–water partition coefficient (Wildman–Crippen LogP) is 1.83. The molecule has 88 valence electrons. The summed E-state index contributed by atoms with van der Waals surface area (Å²) in [6.07, 6.45) is 0.0387. The van der Waals surface area contributed by atoms with Crippen molar-refractivity contribution >= 4 is 63.7 Å². The van der Waals surface area contributed by atoms with Crippen LogP contribution in [0, 0.1) is 3.70 Å². The minimum Gasteiger partial charge on any atom is -0.467 e. The molecule has 1 atom stereocenters. The maximum absolute atomic E-state index is 5.71. The Morgan fingerprint density at radius 2 is 2.38 bits per heavy atom. The van der Waals surface area contributed by atoms with E-state index in [9.17, 15) is 0 Å². The van der Waals surface area contributed by atoms with Crippen LogP contribution in [0.15, 0.2) is 10.2 Å². The summed E-state index contributed by atoms with van der Waals surface area (Å²) in [7, 11) is 1.83. The molecule has 16 heavy (non-hydrogen) atoms. The van der Waals surface area contributed by atoms with Gasteiger partial charge in [-0.3, -0.25) is 4.68 Å². The van der Waals surface area contributed by atoms with Crippen LogP contribution in [-0.4, -0.2) is 32.8 Å². The SMILES string of the molecule is Cn1nc(I)c(C2=NOCC(CI)O2)c1S. The third kappa shape index (κ3) is 2.42. The van der Waals surface area contributed by atoms with Gasteiger partial charge in [0.2, 0.25) is 0 Å². The molecular weight excluding hydrogens is 456 g/mol. The third-order valence-electron chi connectivity index (χ3n) is 2.05. The van der Waals surface area contributed by atoms with Gasteiger partial charge >= 0.3 is 0 Å². The number of thiol groups is 1. The fourth-order valence-electron chi connectivity index (χ4n) is 1.24. The average Bonchev–Trinajstić information content (AvgIpc) is 2.53.